The van der Waals surface area contributed by atoms with Crippen LogP contribution in [-0.2, 0) is 0 Å². The Morgan fingerprint density at radius 3 is 1.48 bits per heavy atom. The molecule has 11 aromatic rings. The average molecular weight is 688 g/mol. The van der Waals surface area contributed by atoms with E-state index in [1.54, 1.807) is 0 Å². The second-order valence-corrected chi connectivity index (χ2v) is 14.0. The molecule has 0 saturated carbocycles. The number of aromatic nitrogens is 3. The molecule has 0 atom stereocenters. The van der Waals surface area contributed by atoms with Gasteiger partial charge in [0.2, 0.25) is 0 Å². The van der Waals surface area contributed by atoms with Gasteiger partial charge in [0, 0.05) is 44.0 Å². The lowest BCUT2D eigenvalue weighted by molar-refractivity contribution is 1.15. The Balaban J connectivity index is 1.20. The summed E-state index contributed by atoms with van der Waals surface area (Å²) in [5.41, 5.74) is 13.3. The standard InChI is InChI=1S/C51H33N3/c1-3-14-34(15-4-1)39-32-46(36-17-5-2-6-18-36)52-47(33-39)38-20-13-21-40(31-38)53-48-24-11-9-22-42(48)44-28-29-45-43-23-10-12-25-49(43)54(51(45)50(44)53)41-27-26-35-16-7-8-19-37(35)30-41/h1-33H. The van der Waals surface area contributed by atoms with Gasteiger partial charge >= 0.3 is 0 Å². The molecule has 0 radical (unpaired) electrons. The van der Waals surface area contributed by atoms with Gasteiger partial charge in [-0.25, -0.2) is 4.98 Å². The van der Waals surface area contributed by atoms with Gasteiger partial charge in [-0.2, -0.15) is 0 Å². The molecule has 0 aliphatic heterocycles. The maximum atomic E-state index is 5.29. The summed E-state index contributed by atoms with van der Waals surface area (Å²) in [6.45, 7) is 0. The fraction of sp³-hybridized carbons (Fsp3) is 0. The Hall–Kier alpha value is -7.23. The molecular formula is C51H33N3. The van der Waals surface area contributed by atoms with Crippen LogP contribution in [0.1, 0.15) is 0 Å². The van der Waals surface area contributed by atoms with Gasteiger partial charge < -0.3 is 9.13 Å². The maximum absolute atomic E-state index is 5.29. The third-order valence-corrected chi connectivity index (χ3v) is 10.9. The molecule has 3 aromatic heterocycles. The van der Waals surface area contributed by atoms with E-state index in [4.69, 9.17) is 4.98 Å². The number of para-hydroxylation sites is 2. The summed E-state index contributed by atoms with van der Waals surface area (Å²) in [5.74, 6) is 0. The van der Waals surface area contributed by atoms with Crippen LogP contribution in [0.4, 0.5) is 0 Å². The number of rotatable bonds is 5. The molecule has 0 amide bonds. The van der Waals surface area contributed by atoms with Gasteiger partial charge in [0.05, 0.1) is 33.5 Å². The lowest BCUT2D eigenvalue weighted by Crippen LogP contribution is -1.99. The van der Waals surface area contributed by atoms with E-state index in [1.165, 1.54) is 59.9 Å². The molecule has 3 heteroatoms. The lowest BCUT2D eigenvalue weighted by atomic mass is 10.00. The first-order chi connectivity index (χ1) is 26.8. The van der Waals surface area contributed by atoms with Crippen molar-refractivity contribution in [2.45, 2.75) is 0 Å². The van der Waals surface area contributed by atoms with E-state index >= 15 is 0 Å². The van der Waals surface area contributed by atoms with Gasteiger partial charge in [-0.15, -0.1) is 0 Å². The highest BCUT2D eigenvalue weighted by atomic mass is 15.0. The number of fused-ring (bicyclic) bond motifs is 8. The Kier molecular flexibility index (Phi) is 6.86. The number of hydrogen-bond acceptors (Lipinski definition) is 1. The molecule has 54 heavy (non-hydrogen) atoms. The normalized spacial score (nSPS) is 11.7. The summed E-state index contributed by atoms with van der Waals surface area (Å²) in [7, 11) is 0. The molecule has 0 saturated heterocycles. The summed E-state index contributed by atoms with van der Waals surface area (Å²) in [6, 6.07) is 72.0. The summed E-state index contributed by atoms with van der Waals surface area (Å²) in [6.07, 6.45) is 0. The van der Waals surface area contributed by atoms with Crippen LogP contribution in [0.5, 0.6) is 0 Å². The van der Waals surface area contributed by atoms with Crippen molar-refractivity contribution < 1.29 is 0 Å². The first kappa shape index (κ1) is 30.4. The minimum absolute atomic E-state index is 0.938. The van der Waals surface area contributed by atoms with Gasteiger partial charge in [-0.05, 0) is 70.4 Å². The third-order valence-electron chi connectivity index (χ3n) is 10.9. The van der Waals surface area contributed by atoms with E-state index in [-0.39, 0.29) is 0 Å². The molecule has 3 heterocycles. The van der Waals surface area contributed by atoms with Gasteiger partial charge in [-0.1, -0.05) is 152 Å². The quantitative estimate of drug-likeness (QED) is 0.177. The van der Waals surface area contributed by atoms with Crippen LogP contribution in [0.25, 0.3) is 99.4 Å². The van der Waals surface area contributed by atoms with Crippen LogP contribution < -0.4 is 0 Å². The summed E-state index contributed by atoms with van der Waals surface area (Å²) < 4.78 is 4.93. The molecule has 0 unspecified atom stereocenters. The van der Waals surface area contributed by atoms with Crippen LogP contribution in [0.2, 0.25) is 0 Å². The van der Waals surface area contributed by atoms with Gasteiger partial charge in [-0.3, -0.25) is 0 Å². The van der Waals surface area contributed by atoms with Crippen LogP contribution in [0.15, 0.2) is 200 Å². The monoisotopic (exact) mass is 687 g/mol. The van der Waals surface area contributed by atoms with E-state index in [9.17, 15) is 0 Å². The molecule has 0 fully saturated rings. The molecule has 8 aromatic carbocycles. The third kappa shape index (κ3) is 4.79. The van der Waals surface area contributed by atoms with E-state index in [0.717, 1.165) is 39.5 Å². The first-order valence-electron chi connectivity index (χ1n) is 18.5. The number of hydrogen-bond donors (Lipinski definition) is 0. The Morgan fingerprint density at radius 2 is 0.815 bits per heavy atom. The van der Waals surface area contributed by atoms with Gasteiger partial charge in [0.25, 0.3) is 0 Å². The fourth-order valence-electron chi connectivity index (χ4n) is 8.39. The fourth-order valence-corrected chi connectivity index (χ4v) is 8.39. The van der Waals surface area contributed by atoms with Crippen molar-refractivity contribution in [2.24, 2.45) is 0 Å². The molecule has 0 spiro atoms. The predicted octanol–water partition coefficient (Wildman–Crippen LogP) is 13.4. The Labute approximate surface area is 312 Å². The van der Waals surface area contributed by atoms with Crippen molar-refractivity contribution in [1.29, 1.82) is 0 Å². The van der Waals surface area contributed by atoms with Crippen molar-refractivity contribution in [3.63, 3.8) is 0 Å². The molecule has 3 nitrogen and oxygen atoms in total. The molecule has 0 N–H and O–H groups in total. The minimum Gasteiger partial charge on any atom is -0.307 e. The zero-order valence-corrected chi connectivity index (χ0v) is 29.4. The Morgan fingerprint density at radius 1 is 0.296 bits per heavy atom. The van der Waals surface area contributed by atoms with Crippen molar-refractivity contribution in [3.8, 4) is 45.0 Å². The minimum atomic E-state index is 0.938. The van der Waals surface area contributed by atoms with Crippen LogP contribution in [0.3, 0.4) is 0 Å². The molecule has 0 aliphatic carbocycles. The van der Waals surface area contributed by atoms with Crippen LogP contribution in [-0.4, -0.2) is 14.1 Å². The van der Waals surface area contributed by atoms with E-state index in [2.05, 4.69) is 209 Å². The maximum Gasteiger partial charge on any atom is 0.0788 e. The average Bonchev–Trinajstić information content (AvgIpc) is 3.77. The topological polar surface area (TPSA) is 22.8 Å². The molecule has 0 bridgehead atoms. The summed E-state index contributed by atoms with van der Waals surface area (Å²) in [4.78, 5) is 5.29. The smallest absolute Gasteiger partial charge is 0.0788 e. The van der Waals surface area contributed by atoms with Crippen LogP contribution in [0, 0.1) is 0 Å². The molecular weight excluding hydrogens is 655 g/mol. The second-order valence-electron chi connectivity index (χ2n) is 14.0. The zero-order chi connectivity index (χ0) is 35.6. The predicted molar refractivity (Wildman–Crippen MR) is 227 cm³/mol. The van der Waals surface area contributed by atoms with E-state index in [0.29, 0.717) is 0 Å². The highest BCUT2D eigenvalue weighted by Gasteiger charge is 2.21. The number of nitrogens with zero attached hydrogens (tertiary/aromatic N) is 3. The van der Waals surface area contributed by atoms with Crippen molar-refractivity contribution in [2.75, 3.05) is 0 Å². The largest absolute Gasteiger partial charge is 0.307 e. The highest BCUT2D eigenvalue weighted by Crippen LogP contribution is 2.42. The molecule has 11 rings (SSSR count). The van der Waals surface area contributed by atoms with E-state index in [1.807, 2.05) is 0 Å². The summed E-state index contributed by atoms with van der Waals surface area (Å²) in [5, 5.41) is 7.38. The van der Waals surface area contributed by atoms with Crippen molar-refractivity contribution in [1.82, 2.24) is 14.1 Å². The van der Waals surface area contributed by atoms with E-state index < -0.39 is 0 Å². The second kappa shape index (κ2) is 12.2. The Bertz CT molecular complexity index is 3150. The summed E-state index contributed by atoms with van der Waals surface area (Å²) >= 11 is 0. The number of benzene rings is 8. The highest BCUT2D eigenvalue weighted by molar-refractivity contribution is 6.24. The number of pyridine rings is 1. The van der Waals surface area contributed by atoms with Gasteiger partial charge in [0.1, 0.15) is 0 Å². The van der Waals surface area contributed by atoms with Crippen LogP contribution >= 0.6 is 0 Å². The van der Waals surface area contributed by atoms with Crippen molar-refractivity contribution >= 4 is 54.4 Å². The lowest BCUT2D eigenvalue weighted by Gasteiger charge is -2.14. The van der Waals surface area contributed by atoms with Crippen molar-refractivity contribution in [3.05, 3.63) is 200 Å². The van der Waals surface area contributed by atoms with Gasteiger partial charge in [0.15, 0.2) is 0 Å². The first-order valence-corrected chi connectivity index (χ1v) is 18.5. The zero-order valence-electron chi connectivity index (χ0n) is 29.4. The SMILES string of the molecule is c1ccc(-c2cc(-c3ccccc3)nc(-c3cccc(-n4c5ccccc5c5ccc6c7ccccc7n(-c7ccc8ccccc8c7)c6c54)c3)c2)cc1. The molecule has 0 aliphatic rings. The molecule has 252 valence electrons.